The molecule has 1 fully saturated rings. The molecule has 0 radical (unpaired) electrons. The minimum atomic E-state index is -3.79. The third-order valence-corrected chi connectivity index (χ3v) is 7.13. The molecule has 1 saturated heterocycles. The molecule has 3 aliphatic heterocycles. The van der Waals surface area contributed by atoms with Gasteiger partial charge in [0.2, 0.25) is 22.9 Å². The van der Waals surface area contributed by atoms with Gasteiger partial charge in [-0.05, 0) is 49.1 Å². The third kappa shape index (κ3) is 4.20. The molecule has 2 aromatic carbocycles. The van der Waals surface area contributed by atoms with E-state index in [2.05, 4.69) is 4.72 Å². The second-order valence-electron chi connectivity index (χ2n) is 7.92. The lowest BCUT2D eigenvalue weighted by Gasteiger charge is -2.32. The fourth-order valence-corrected chi connectivity index (χ4v) is 5.00. The number of sulfonamides is 1. The van der Waals surface area contributed by atoms with E-state index in [0.29, 0.717) is 23.0 Å². The summed E-state index contributed by atoms with van der Waals surface area (Å²) in [4.78, 5) is 14.5. The minimum absolute atomic E-state index is 0.0520. The van der Waals surface area contributed by atoms with Crippen LogP contribution in [0.5, 0.6) is 23.0 Å². The molecule has 1 atom stereocenters. The Hall–Kier alpha value is -2.98. The molecule has 0 aromatic heterocycles. The molecular weight excluding hydrogens is 436 g/mol. The smallest absolute Gasteiger partial charge is 0.267 e. The Morgan fingerprint density at radius 3 is 2.53 bits per heavy atom. The number of fused-ring (bicyclic) bond motifs is 2. The molecule has 0 spiro atoms. The van der Waals surface area contributed by atoms with Crippen molar-refractivity contribution in [3.8, 4) is 23.0 Å². The average molecular weight is 461 g/mol. The van der Waals surface area contributed by atoms with Gasteiger partial charge in [-0.2, -0.15) is 0 Å². The first-order valence-corrected chi connectivity index (χ1v) is 12.1. The van der Waals surface area contributed by atoms with Crippen LogP contribution in [0.1, 0.15) is 24.8 Å². The number of hydrogen-bond donors (Lipinski definition) is 1. The van der Waals surface area contributed by atoms with Crippen LogP contribution in [0, 0.1) is 0 Å². The number of nitrogens with one attached hydrogen (secondary N) is 1. The first kappa shape index (κ1) is 20.9. The zero-order valence-electron chi connectivity index (χ0n) is 17.4. The number of amides is 1. The van der Waals surface area contributed by atoms with Gasteiger partial charge in [-0.15, -0.1) is 0 Å². The summed E-state index contributed by atoms with van der Waals surface area (Å²) in [5.74, 6) is 1.81. The van der Waals surface area contributed by atoms with Crippen LogP contribution in [0.25, 0.3) is 0 Å². The molecule has 2 aromatic rings. The van der Waals surface area contributed by atoms with E-state index in [1.807, 2.05) is 0 Å². The van der Waals surface area contributed by atoms with E-state index in [1.54, 1.807) is 23.1 Å². The number of benzene rings is 2. The normalized spacial score (nSPS) is 19.6. The fraction of sp³-hybridized carbons (Fsp3) is 0.409. The summed E-state index contributed by atoms with van der Waals surface area (Å²) in [6.45, 7) is 1.78. The first-order chi connectivity index (χ1) is 15.5. The number of hydrogen-bond acceptors (Lipinski definition) is 7. The quantitative estimate of drug-likeness (QED) is 0.728. The summed E-state index contributed by atoms with van der Waals surface area (Å²) in [7, 11) is -3.79. The topological polar surface area (TPSA) is 103 Å². The van der Waals surface area contributed by atoms with Crippen LogP contribution in [-0.2, 0) is 21.4 Å². The van der Waals surface area contributed by atoms with Gasteiger partial charge in [-0.1, -0.05) is 6.07 Å². The van der Waals surface area contributed by atoms with Gasteiger partial charge < -0.3 is 23.8 Å². The molecule has 9 nitrogen and oxygen atoms in total. The van der Waals surface area contributed by atoms with Crippen LogP contribution in [0.4, 0.5) is 0 Å². The van der Waals surface area contributed by atoms with Crippen LogP contribution >= 0.6 is 0 Å². The average Bonchev–Trinajstić information content (AvgIpc) is 3.30. The maximum Gasteiger partial charge on any atom is 0.267 e. The Morgan fingerprint density at radius 2 is 1.69 bits per heavy atom. The number of likely N-dealkylation sites (tertiary alicyclic amines) is 1. The molecule has 3 heterocycles. The van der Waals surface area contributed by atoms with Gasteiger partial charge >= 0.3 is 0 Å². The number of carbonyl (C=O) groups excluding carboxylic acids is 1. The Bertz CT molecular complexity index is 1130. The molecule has 3 aliphatic rings. The molecule has 0 bridgehead atoms. The maximum atomic E-state index is 12.8. The largest absolute Gasteiger partial charge is 0.485 e. The molecular formula is C22H24N2O7S. The summed E-state index contributed by atoms with van der Waals surface area (Å²) >= 11 is 0. The molecule has 1 amide bonds. The van der Waals surface area contributed by atoms with Crippen molar-refractivity contribution in [2.75, 3.05) is 26.5 Å². The van der Waals surface area contributed by atoms with E-state index in [1.165, 1.54) is 18.2 Å². The monoisotopic (exact) mass is 460 g/mol. The molecule has 10 heteroatoms. The van der Waals surface area contributed by atoms with Gasteiger partial charge in [0.15, 0.2) is 23.0 Å². The lowest BCUT2D eigenvalue weighted by atomic mass is 10.1. The van der Waals surface area contributed by atoms with Crippen molar-refractivity contribution in [1.82, 2.24) is 9.62 Å². The SMILES string of the molecule is O=C([C@@H]1COc2cc(S(=O)(=O)NCc3ccc4c(c3)OCO4)ccc2O1)N1CCCCC1. The number of rotatable bonds is 5. The standard InChI is InChI=1S/C22H24N2O7S/c25-22(24-8-2-1-3-9-24)21-13-28-20-11-16(5-7-18(20)31-21)32(26,27)23-12-15-4-6-17-19(10-15)30-14-29-17/h4-7,10-11,21,23H,1-3,8-9,12-14H2/t21-/m0/s1. The Morgan fingerprint density at radius 1 is 0.938 bits per heavy atom. The van der Waals surface area contributed by atoms with Gasteiger partial charge in [0.05, 0.1) is 4.90 Å². The van der Waals surface area contributed by atoms with Crippen LogP contribution in [0.3, 0.4) is 0 Å². The highest BCUT2D eigenvalue weighted by Gasteiger charge is 2.32. The predicted octanol–water partition coefficient (Wildman–Crippen LogP) is 2.05. The van der Waals surface area contributed by atoms with Crippen molar-refractivity contribution < 1.29 is 32.2 Å². The molecule has 5 rings (SSSR count). The predicted molar refractivity (Wildman–Crippen MR) is 113 cm³/mol. The lowest BCUT2D eigenvalue weighted by molar-refractivity contribution is -0.142. The van der Waals surface area contributed by atoms with Crippen LogP contribution in [0.15, 0.2) is 41.3 Å². The van der Waals surface area contributed by atoms with Gasteiger partial charge in [-0.3, -0.25) is 4.79 Å². The van der Waals surface area contributed by atoms with E-state index < -0.39 is 16.1 Å². The Kier molecular flexibility index (Phi) is 5.56. The Labute approximate surface area is 186 Å². The van der Waals surface area contributed by atoms with Gasteiger partial charge in [-0.25, -0.2) is 13.1 Å². The van der Waals surface area contributed by atoms with E-state index in [-0.39, 0.29) is 30.7 Å². The third-order valence-electron chi connectivity index (χ3n) is 5.73. The van der Waals surface area contributed by atoms with Crippen molar-refractivity contribution in [2.24, 2.45) is 0 Å². The lowest BCUT2D eigenvalue weighted by Crippen LogP contribution is -2.48. The number of ether oxygens (including phenoxy) is 4. The van der Waals surface area contributed by atoms with Crippen LogP contribution in [0.2, 0.25) is 0 Å². The molecule has 0 aliphatic carbocycles. The van der Waals surface area contributed by atoms with Gasteiger partial charge in [0, 0.05) is 25.7 Å². The second-order valence-corrected chi connectivity index (χ2v) is 9.69. The van der Waals surface area contributed by atoms with E-state index in [9.17, 15) is 13.2 Å². The summed E-state index contributed by atoms with van der Waals surface area (Å²) in [5.41, 5.74) is 0.745. The van der Waals surface area contributed by atoms with E-state index >= 15 is 0 Å². The summed E-state index contributed by atoms with van der Waals surface area (Å²) in [6, 6.07) is 9.65. The zero-order valence-corrected chi connectivity index (χ0v) is 18.2. The Balaban J connectivity index is 1.25. The summed E-state index contributed by atoms with van der Waals surface area (Å²) in [6.07, 6.45) is 2.41. The molecule has 0 unspecified atom stereocenters. The molecule has 0 saturated carbocycles. The van der Waals surface area contributed by atoms with Crippen molar-refractivity contribution in [3.05, 3.63) is 42.0 Å². The zero-order chi connectivity index (χ0) is 22.1. The number of carbonyl (C=O) groups is 1. The van der Waals surface area contributed by atoms with E-state index in [4.69, 9.17) is 18.9 Å². The minimum Gasteiger partial charge on any atom is -0.485 e. The van der Waals surface area contributed by atoms with Gasteiger partial charge in [0.1, 0.15) is 6.61 Å². The van der Waals surface area contributed by atoms with Crippen molar-refractivity contribution >= 4 is 15.9 Å². The summed E-state index contributed by atoms with van der Waals surface area (Å²) < 4.78 is 50.3. The first-order valence-electron chi connectivity index (χ1n) is 10.6. The number of nitrogens with zero attached hydrogens (tertiary/aromatic N) is 1. The maximum absolute atomic E-state index is 12.8. The molecule has 170 valence electrons. The number of piperidine rings is 1. The van der Waals surface area contributed by atoms with Crippen molar-refractivity contribution in [1.29, 1.82) is 0 Å². The van der Waals surface area contributed by atoms with E-state index in [0.717, 1.165) is 37.9 Å². The second kappa shape index (κ2) is 8.51. The molecule has 1 N–H and O–H groups in total. The van der Waals surface area contributed by atoms with Crippen molar-refractivity contribution in [2.45, 2.75) is 36.8 Å². The fourth-order valence-electron chi connectivity index (χ4n) is 3.97. The van der Waals surface area contributed by atoms with Crippen LogP contribution in [-0.4, -0.2) is 51.8 Å². The van der Waals surface area contributed by atoms with Crippen LogP contribution < -0.4 is 23.7 Å². The molecule has 32 heavy (non-hydrogen) atoms. The summed E-state index contributed by atoms with van der Waals surface area (Å²) in [5, 5.41) is 0. The van der Waals surface area contributed by atoms with Crippen molar-refractivity contribution in [3.63, 3.8) is 0 Å². The van der Waals surface area contributed by atoms with Gasteiger partial charge in [0.25, 0.3) is 5.91 Å². The highest BCUT2D eigenvalue weighted by atomic mass is 32.2. The highest BCUT2D eigenvalue weighted by Crippen LogP contribution is 2.35. The highest BCUT2D eigenvalue weighted by molar-refractivity contribution is 7.89.